The van der Waals surface area contributed by atoms with Crippen LogP contribution >= 0.6 is 0 Å². The molecule has 0 fully saturated rings. The third-order valence-corrected chi connectivity index (χ3v) is 7.00. The molecule has 0 radical (unpaired) electrons. The number of nitrogens with zero attached hydrogens (tertiary/aromatic N) is 2. The fourth-order valence-corrected chi connectivity index (χ4v) is 4.81. The highest BCUT2D eigenvalue weighted by Crippen LogP contribution is 2.24. The van der Waals surface area contributed by atoms with Crippen molar-refractivity contribution in [3.05, 3.63) is 90.6 Å². The van der Waals surface area contributed by atoms with Gasteiger partial charge in [-0.1, -0.05) is 42.5 Å². The first-order chi connectivity index (χ1) is 14.9. The normalized spacial score (nSPS) is 11.4. The molecule has 0 aliphatic heterocycles. The average Bonchev–Trinajstić information content (AvgIpc) is 3.09. The predicted molar refractivity (Wildman–Crippen MR) is 124 cm³/mol. The highest BCUT2D eigenvalue weighted by Gasteiger charge is 2.21. The topological polar surface area (TPSA) is 71.4 Å². The Bertz CT molecular complexity index is 1350. The van der Waals surface area contributed by atoms with Crippen LogP contribution < -0.4 is 9.62 Å². The van der Waals surface area contributed by atoms with Crippen LogP contribution in [-0.2, 0) is 21.4 Å². The number of rotatable bonds is 6. The molecule has 0 saturated carbocycles. The standard InChI is InChI=1S/C24H23N3O3S/c1-18-15-19-9-6-7-14-23(19)27(18)17-24(28)25-20-10-8-13-22(16-20)31(29,30)26(2)21-11-4-3-5-12-21/h3-16H,17H2,1-2H3,(H,25,28). The Kier molecular flexibility index (Phi) is 5.52. The van der Waals surface area contributed by atoms with Gasteiger partial charge in [0.15, 0.2) is 0 Å². The zero-order valence-corrected chi connectivity index (χ0v) is 18.1. The Morgan fingerprint density at radius 1 is 0.935 bits per heavy atom. The van der Waals surface area contributed by atoms with E-state index in [4.69, 9.17) is 0 Å². The SMILES string of the molecule is Cc1cc2ccccc2n1CC(=O)Nc1cccc(S(=O)(=O)N(C)c2ccccc2)c1. The molecule has 0 unspecified atom stereocenters. The molecule has 6 nitrogen and oxygen atoms in total. The maximum absolute atomic E-state index is 13.0. The number of carbonyl (C=O) groups is 1. The second-order valence-corrected chi connectivity index (χ2v) is 9.28. The van der Waals surface area contributed by atoms with Gasteiger partial charge in [-0.25, -0.2) is 8.42 Å². The summed E-state index contributed by atoms with van der Waals surface area (Å²) >= 11 is 0. The van der Waals surface area contributed by atoms with Gasteiger partial charge in [-0.15, -0.1) is 0 Å². The van der Waals surface area contributed by atoms with Crippen LogP contribution in [0.25, 0.3) is 10.9 Å². The summed E-state index contributed by atoms with van der Waals surface area (Å²) < 4.78 is 29.2. The van der Waals surface area contributed by atoms with E-state index in [1.54, 1.807) is 36.4 Å². The van der Waals surface area contributed by atoms with Gasteiger partial charge in [0.2, 0.25) is 5.91 Å². The fourth-order valence-electron chi connectivity index (χ4n) is 3.57. The van der Waals surface area contributed by atoms with Crippen molar-refractivity contribution >= 4 is 38.2 Å². The molecule has 1 heterocycles. The monoisotopic (exact) mass is 433 g/mol. The van der Waals surface area contributed by atoms with Gasteiger partial charge in [-0.05, 0) is 54.8 Å². The van der Waals surface area contributed by atoms with Gasteiger partial charge in [0.25, 0.3) is 10.0 Å². The van der Waals surface area contributed by atoms with E-state index in [-0.39, 0.29) is 17.3 Å². The Labute approximate surface area is 181 Å². The highest BCUT2D eigenvalue weighted by atomic mass is 32.2. The zero-order chi connectivity index (χ0) is 22.0. The third-order valence-electron chi connectivity index (χ3n) is 5.22. The maximum Gasteiger partial charge on any atom is 0.264 e. The molecule has 0 atom stereocenters. The first kappa shape index (κ1) is 20.7. The van der Waals surface area contributed by atoms with Gasteiger partial charge in [-0.3, -0.25) is 9.10 Å². The molecule has 0 bridgehead atoms. The summed E-state index contributed by atoms with van der Waals surface area (Å²) in [6.45, 7) is 2.10. The molecule has 31 heavy (non-hydrogen) atoms. The number of hydrogen-bond acceptors (Lipinski definition) is 3. The number of aryl methyl sites for hydroxylation is 1. The van der Waals surface area contributed by atoms with Crippen LogP contribution in [-0.4, -0.2) is 25.9 Å². The highest BCUT2D eigenvalue weighted by molar-refractivity contribution is 7.92. The number of anilines is 2. The van der Waals surface area contributed by atoms with Gasteiger partial charge in [0, 0.05) is 23.9 Å². The van der Waals surface area contributed by atoms with Crippen LogP contribution in [0.4, 0.5) is 11.4 Å². The van der Waals surface area contributed by atoms with E-state index >= 15 is 0 Å². The molecule has 1 aromatic heterocycles. The molecule has 1 amide bonds. The second kappa shape index (κ2) is 8.28. The number of nitrogens with one attached hydrogen (secondary N) is 1. The minimum absolute atomic E-state index is 0.110. The van der Waals surface area contributed by atoms with Gasteiger partial charge < -0.3 is 9.88 Å². The molecule has 4 aromatic rings. The molecule has 0 spiro atoms. The van der Waals surface area contributed by atoms with Crippen LogP contribution in [0, 0.1) is 6.92 Å². The lowest BCUT2D eigenvalue weighted by atomic mass is 10.2. The summed E-state index contributed by atoms with van der Waals surface area (Å²) in [6, 6.07) is 25.1. The lowest BCUT2D eigenvalue weighted by Gasteiger charge is -2.20. The van der Waals surface area contributed by atoms with Crippen molar-refractivity contribution in [3.63, 3.8) is 0 Å². The molecule has 4 rings (SSSR count). The molecule has 0 aliphatic rings. The van der Waals surface area contributed by atoms with Gasteiger partial charge in [0.05, 0.1) is 10.6 Å². The van der Waals surface area contributed by atoms with E-state index < -0.39 is 10.0 Å². The van der Waals surface area contributed by atoms with Crippen LogP contribution in [0.1, 0.15) is 5.69 Å². The van der Waals surface area contributed by atoms with Crippen molar-refractivity contribution in [1.82, 2.24) is 4.57 Å². The van der Waals surface area contributed by atoms with E-state index in [1.807, 2.05) is 47.9 Å². The minimum atomic E-state index is -3.76. The molecule has 158 valence electrons. The van der Waals surface area contributed by atoms with Crippen LogP contribution in [0.5, 0.6) is 0 Å². The molecule has 7 heteroatoms. The van der Waals surface area contributed by atoms with Crippen molar-refractivity contribution in [2.45, 2.75) is 18.4 Å². The number of benzene rings is 3. The lowest BCUT2D eigenvalue weighted by Crippen LogP contribution is -2.26. The second-order valence-electron chi connectivity index (χ2n) is 7.31. The molecular weight excluding hydrogens is 410 g/mol. The number of aromatic nitrogens is 1. The molecule has 0 saturated heterocycles. The summed E-state index contributed by atoms with van der Waals surface area (Å²) in [4.78, 5) is 12.8. The summed E-state index contributed by atoms with van der Waals surface area (Å²) in [5.74, 6) is -0.226. The maximum atomic E-state index is 13.0. The van der Waals surface area contributed by atoms with Gasteiger partial charge in [0.1, 0.15) is 6.54 Å². The van der Waals surface area contributed by atoms with E-state index in [2.05, 4.69) is 5.32 Å². The van der Waals surface area contributed by atoms with Crippen molar-refractivity contribution in [2.24, 2.45) is 0 Å². The number of amides is 1. The molecule has 1 N–H and O–H groups in total. The van der Waals surface area contributed by atoms with Crippen molar-refractivity contribution < 1.29 is 13.2 Å². The number of fused-ring (bicyclic) bond motifs is 1. The predicted octanol–water partition coefficient (Wildman–Crippen LogP) is 4.41. The van der Waals surface area contributed by atoms with Crippen LogP contribution in [0.3, 0.4) is 0 Å². The number of sulfonamides is 1. The Morgan fingerprint density at radius 2 is 1.65 bits per heavy atom. The van der Waals surface area contributed by atoms with Crippen LogP contribution in [0.15, 0.2) is 89.8 Å². The summed E-state index contributed by atoms with van der Waals surface area (Å²) in [5, 5.41) is 3.89. The number of hydrogen-bond donors (Lipinski definition) is 1. The first-order valence-corrected chi connectivity index (χ1v) is 11.3. The van der Waals surface area contributed by atoms with Crippen molar-refractivity contribution in [1.29, 1.82) is 0 Å². The smallest absolute Gasteiger partial charge is 0.264 e. The Hall–Kier alpha value is -3.58. The Morgan fingerprint density at radius 3 is 2.42 bits per heavy atom. The zero-order valence-electron chi connectivity index (χ0n) is 17.3. The average molecular weight is 434 g/mol. The van der Waals surface area contributed by atoms with E-state index in [9.17, 15) is 13.2 Å². The minimum Gasteiger partial charge on any atom is -0.335 e. The molecule has 0 aliphatic carbocycles. The van der Waals surface area contributed by atoms with E-state index in [1.165, 1.54) is 23.5 Å². The third kappa shape index (κ3) is 4.18. The Balaban J connectivity index is 1.54. The van der Waals surface area contributed by atoms with Crippen molar-refractivity contribution in [2.75, 3.05) is 16.7 Å². The van der Waals surface area contributed by atoms with Gasteiger partial charge in [-0.2, -0.15) is 0 Å². The summed E-state index contributed by atoms with van der Waals surface area (Å²) in [6.07, 6.45) is 0. The number of para-hydroxylation sites is 2. The first-order valence-electron chi connectivity index (χ1n) is 9.85. The summed E-state index contributed by atoms with van der Waals surface area (Å²) in [7, 11) is -2.25. The lowest BCUT2D eigenvalue weighted by molar-refractivity contribution is -0.116. The molecular formula is C24H23N3O3S. The molecule has 3 aromatic carbocycles. The van der Waals surface area contributed by atoms with Gasteiger partial charge >= 0.3 is 0 Å². The quantitative estimate of drug-likeness (QED) is 0.489. The number of carbonyl (C=O) groups excluding carboxylic acids is 1. The van der Waals surface area contributed by atoms with E-state index in [0.717, 1.165) is 16.6 Å². The van der Waals surface area contributed by atoms with Crippen molar-refractivity contribution in [3.8, 4) is 0 Å². The summed E-state index contributed by atoms with van der Waals surface area (Å²) in [5.41, 5.74) is 2.96. The van der Waals surface area contributed by atoms with Crippen LogP contribution in [0.2, 0.25) is 0 Å². The fraction of sp³-hybridized carbons (Fsp3) is 0.125. The largest absolute Gasteiger partial charge is 0.335 e. The van der Waals surface area contributed by atoms with E-state index in [0.29, 0.717) is 11.4 Å².